The second-order valence-electron chi connectivity index (χ2n) is 5.83. The van der Waals surface area contributed by atoms with E-state index < -0.39 is 0 Å². The fourth-order valence-electron chi connectivity index (χ4n) is 2.05. The summed E-state index contributed by atoms with van der Waals surface area (Å²) in [6, 6.07) is 0. The van der Waals surface area contributed by atoms with Crippen LogP contribution in [0, 0.1) is 5.92 Å². The molecule has 0 aliphatic carbocycles. The molecule has 0 aromatic heterocycles. The van der Waals surface area contributed by atoms with Crippen LogP contribution in [0.2, 0.25) is 0 Å². The van der Waals surface area contributed by atoms with Crippen molar-refractivity contribution in [1.82, 2.24) is 20.4 Å². The van der Waals surface area contributed by atoms with Crippen LogP contribution in [0.15, 0.2) is 0 Å². The Hall–Kier alpha value is -1.14. The van der Waals surface area contributed by atoms with Crippen molar-refractivity contribution < 1.29 is 9.59 Å². The highest BCUT2D eigenvalue weighted by Crippen LogP contribution is 1.97. The molecule has 1 saturated heterocycles. The van der Waals surface area contributed by atoms with Crippen LogP contribution in [0.4, 0.5) is 0 Å². The van der Waals surface area contributed by atoms with Gasteiger partial charge in [-0.25, -0.2) is 0 Å². The van der Waals surface area contributed by atoms with Crippen LogP contribution in [0.5, 0.6) is 0 Å². The summed E-state index contributed by atoms with van der Waals surface area (Å²) in [7, 11) is 1.69. The number of likely N-dealkylation sites (N-methyl/N-ethyl adjacent to an activating group) is 1. The molecule has 1 rings (SSSR count). The lowest BCUT2D eigenvalue weighted by atomic mass is 10.2. The Bertz CT molecular complexity index is 312. The topological polar surface area (TPSA) is 64.7 Å². The fourth-order valence-corrected chi connectivity index (χ4v) is 2.05. The third kappa shape index (κ3) is 6.86. The van der Waals surface area contributed by atoms with E-state index in [9.17, 15) is 9.59 Å². The minimum atomic E-state index is -0.0907. The van der Waals surface area contributed by atoms with Gasteiger partial charge >= 0.3 is 0 Å². The molecule has 0 spiro atoms. The summed E-state index contributed by atoms with van der Waals surface area (Å²) in [5.41, 5.74) is 0. The van der Waals surface area contributed by atoms with Gasteiger partial charge in [0.15, 0.2) is 0 Å². The molecular formula is C14H28N4O2. The molecule has 6 heteroatoms. The van der Waals surface area contributed by atoms with Crippen LogP contribution in [0.3, 0.4) is 0 Å². The van der Waals surface area contributed by atoms with E-state index in [4.69, 9.17) is 0 Å². The van der Waals surface area contributed by atoms with E-state index in [1.807, 2.05) is 13.8 Å². The lowest BCUT2D eigenvalue weighted by Gasteiger charge is -2.23. The molecule has 1 aliphatic heterocycles. The van der Waals surface area contributed by atoms with Crippen molar-refractivity contribution in [2.24, 2.45) is 5.92 Å². The Kier molecular flexibility index (Phi) is 7.54. The SMILES string of the molecule is CC(C)CNC(=O)CN(C)C(=O)CN1CCCNCC1. The van der Waals surface area contributed by atoms with Crippen molar-refractivity contribution in [2.75, 3.05) is 52.9 Å². The Morgan fingerprint density at radius 3 is 2.75 bits per heavy atom. The molecule has 0 bridgehead atoms. The first-order chi connectivity index (χ1) is 9.49. The van der Waals surface area contributed by atoms with E-state index in [-0.39, 0.29) is 18.4 Å². The molecule has 0 atom stereocenters. The lowest BCUT2D eigenvalue weighted by molar-refractivity contribution is -0.135. The minimum Gasteiger partial charge on any atom is -0.354 e. The first-order valence-electron chi connectivity index (χ1n) is 7.42. The van der Waals surface area contributed by atoms with Gasteiger partial charge in [0.2, 0.25) is 11.8 Å². The van der Waals surface area contributed by atoms with E-state index in [0.717, 1.165) is 32.6 Å². The van der Waals surface area contributed by atoms with E-state index in [0.29, 0.717) is 19.0 Å². The van der Waals surface area contributed by atoms with Crippen LogP contribution < -0.4 is 10.6 Å². The second kappa shape index (κ2) is 8.92. The molecule has 2 N–H and O–H groups in total. The second-order valence-corrected chi connectivity index (χ2v) is 5.83. The van der Waals surface area contributed by atoms with Gasteiger partial charge in [0.1, 0.15) is 0 Å². The smallest absolute Gasteiger partial charge is 0.239 e. The normalized spacial score (nSPS) is 16.8. The maximum atomic E-state index is 12.1. The van der Waals surface area contributed by atoms with Gasteiger partial charge < -0.3 is 15.5 Å². The third-order valence-electron chi connectivity index (χ3n) is 3.31. The van der Waals surface area contributed by atoms with Crippen LogP contribution in [-0.2, 0) is 9.59 Å². The fraction of sp³-hybridized carbons (Fsp3) is 0.857. The van der Waals surface area contributed by atoms with E-state index in [2.05, 4.69) is 15.5 Å². The molecule has 20 heavy (non-hydrogen) atoms. The molecule has 0 aromatic carbocycles. The largest absolute Gasteiger partial charge is 0.354 e. The predicted octanol–water partition coefficient (Wildman–Crippen LogP) is -0.488. The van der Waals surface area contributed by atoms with Crippen LogP contribution >= 0.6 is 0 Å². The van der Waals surface area contributed by atoms with Crippen LogP contribution in [-0.4, -0.2) is 74.5 Å². The summed E-state index contributed by atoms with van der Waals surface area (Å²) in [4.78, 5) is 27.4. The van der Waals surface area contributed by atoms with Gasteiger partial charge in [0.25, 0.3) is 0 Å². The first kappa shape index (κ1) is 16.9. The number of amides is 2. The van der Waals surface area contributed by atoms with Gasteiger partial charge in [0, 0.05) is 26.7 Å². The highest BCUT2D eigenvalue weighted by Gasteiger charge is 2.17. The minimum absolute atomic E-state index is 0.00611. The van der Waals surface area contributed by atoms with Crippen LogP contribution in [0.1, 0.15) is 20.3 Å². The number of carbonyl (C=O) groups excluding carboxylic acids is 2. The molecule has 0 saturated carbocycles. The summed E-state index contributed by atoms with van der Waals surface area (Å²) in [5.74, 6) is 0.336. The van der Waals surface area contributed by atoms with Gasteiger partial charge in [-0.15, -0.1) is 0 Å². The molecule has 116 valence electrons. The molecular weight excluding hydrogens is 256 g/mol. The molecule has 6 nitrogen and oxygen atoms in total. The zero-order valence-corrected chi connectivity index (χ0v) is 12.9. The molecule has 1 aliphatic rings. The van der Waals surface area contributed by atoms with E-state index in [1.165, 1.54) is 4.90 Å². The van der Waals surface area contributed by atoms with Crippen molar-refractivity contribution >= 4 is 11.8 Å². The number of rotatable bonds is 6. The number of hydrogen-bond donors (Lipinski definition) is 2. The molecule has 0 unspecified atom stereocenters. The third-order valence-corrected chi connectivity index (χ3v) is 3.31. The van der Waals surface area contributed by atoms with Crippen molar-refractivity contribution in [2.45, 2.75) is 20.3 Å². The Labute approximate surface area is 121 Å². The maximum Gasteiger partial charge on any atom is 0.239 e. The highest BCUT2D eigenvalue weighted by atomic mass is 16.2. The van der Waals surface area contributed by atoms with Gasteiger partial charge in [-0.2, -0.15) is 0 Å². The number of carbonyl (C=O) groups is 2. The standard InChI is InChI=1S/C14H28N4O2/c1-12(2)9-16-13(19)10-17(3)14(20)11-18-7-4-5-15-6-8-18/h12,15H,4-11H2,1-3H3,(H,16,19). The molecule has 0 aromatic rings. The predicted molar refractivity (Wildman–Crippen MR) is 79.4 cm³/mol. The quantitative estimate of drug-likeness (QED) is 0.691. The molecule has 0 radical (unpaired) electrons. The summed E-state index contributed by atoms with van der Waals surface area (Å²) < 4.78 is 0. The average molecular weight is 284 g/mol. The molecule has 1 fully saturated rings. The zero-order chi connectivity index (χ0) is 15.0. The van der Waals surface area contributed by atoms with Crippen molar-refractivity contribution in [3.05, 3.63) is 0 Å². The van der Waals surface area contributed by atoms with Crippen LogP contribution in [0.25, 0.3) is 0 Å². The summed E-state index contributed by atoms with van der Waals surface area (Å²) in [5, 5.41) is 6.13. The maximum absolute atomic E-state index is 12.1. The Morgan fingerprint density at radius 2 is 2.05 bits per heavy atom. The lowest BCUT2D eigenvalue weighted by Crippen LogP contribution is -2.44. The highest BCUT2D eigenvalue weighted by molar-refractivity contribution is 5.85. The van der Waals surface area contributed by atoms with E-state index in [1.54, 1.807) is 7.05 Å². The van der Waals surface area contributed by atoms with Gasteiger partial charge in [0.05, 0.1) is 13.1 Å². The van der Waals surface area contributed by atoms with Crippen molar-refractivity contribution in [3.8, 4) is 0 Å². The van der Waals surface area contributed by atoms with Crippen molar-refractivity contribution in [3.63, 3.8) is 0 Å². The molecule has 2 amide bonds. The van der Waals surface area contributed by atoms with Gasteiger partial charge in [-0.1, -0.05) is 13.8 Å². The van der Waals surface area contributed by atoms with Crippen molar-refractivity contribution in [1.29, 1.82) is 0 Å². The van der Waals surface area contributed by atoms with E-state index >= 15 is 0 Å². The summed E-state index contributed by atoms with van der Waals surface area (Å²) >= 11 is 0. The average Bonchev–Trinajstić information content (AvgIpc) is 2.64. The Balaban J connectivity index is 2.28. The number of hydrogen-bond acceptors (Lipinski definition) is 4. The zero-order valence-electron chi connectivity index (χ0n) is 12.9. The van der Waals surface area contributed by atoms with Gasteiger partial charge in [-0.05, 0) is 25.4 Å². The number of nitrogens with one attached hydrogen (secondary N) is 2. The first-order valence-corrected chi connectivity index (χ1v) is 7.42. The number of nitrogens with zero attached hydrogens (tertiary/aromatic N) is 2. The van der Waals surface area contributed by atoms with Gasteiger partial charge in [-0.3, -0.25) is 14.5 Å². The monoisotopic (exact) mass is 284 g/mol. The molecule has 1 heterocycles. The summed E-state index contributed by atoms with van der Waals surface area (Å²) in [6.07, 6.45) is 1.06. The Morgan fingerprint density at radius 1 is 1.30 bits per heavy atom. The summed E-state index contributed by atoms with van der Waals surface area (Å²) in [6.45, 7) is 9.03.